The Labute approximate surface area is 90.4 Å². The zero-order chi connectivity index (χ0) is 9.87. The van der Waals surface area contributed by atoms with Gasteiger partial charge in [-0.2, -0.15) is 0 Å². The van der Waals surface area contributed by atoms with Crippen LogP contribution in [0, 0.1) is 17.7 Å². The normalized spacial score (nSPS) is 32.9. The van der Waals surface area contributed by atoms with Crippen LogP contribution >= 0.6 is 15.9 Å². The van der Waals surface area contributed by atoms with Gasteiger partial charge in [0.05, 0.1) is 11.1 Å². The Hall–Kier alpha value is -0.570. The first-order valence-corrected chi connectivity index (χ1v) is 5.59. The average Bonchev–Trinajstić information content (AvgIpc) is 2.77. The molecule has 3 rings (SSSR count). The van der Waals surface area contributed by atoms with Gasteiger partial charge in [-0.1, -0.05) is 6.92 Å². The van der Waals surface area contributed by atoms with Crippen molar-refractivity contribution in [1.82, 2.24) is 0 Å². The van der Waals surface area contributed by atoms with Gasteiger partial charge in [-0.15, -0.1) is 0 Å². The molecule has 0 amide bonds. The maximum atomic E-state index is 13.2. The molecule has 1 fully saturated rings. The lowest BCUT2D eigenvalue weighted by Crippen LogP contribution is -2.09. The van der Waals surface area contributed by atoms with Crippen LogP contribution in [0.4, 0.5) is 4.39 Å². The highest BCUT2D eigenvalue weighted by Crippen LogP contribution is 2.59. The minimum absolute atomic E-state index is 0.182. The molecule has 0 aromatic heterocycles. The molecule has 0 N–H and O–H groups in total. The number of fused-ring (bicyclic) bond motifs is 3. The summed E-state index contributed by atoms with van der Waals surface area (Å²) < 4.78 is 19.5. The number of benzene rings is 1. The number of ether oxygens (including phenoxy) is 1. The van der Waals surface area contributed by atoms with E-state index in [2.05, 4.69) is 22.9 Å². The first kappa shape index (κ1) is 8.72. The van der Waals surface area contributed by atoms with Crippen molar-refractivity contribution in [3.05, 3.63) is 28.0 Å². The van der Waals surface area contributed by atoms with Gasteiger partial charge < -0.3 is 4.74 Å². The van der Waals surface area contributed by atoms with Crippen LogP contribution in [0.25, 0.3) is 0 Å². The Kier molecular flexibility index (Phi) is 1.69. The predicted molar refractivity (Wildman–Crippen MR) is 55.0 cm³/mol. The van der Waals surface area contributed by atoms with Crippen molar-refractivity contribution < 1.29 is 9.13 Å². The van der Waals surface area contributed by atoms with Gasteiger partial charge in [0.25, 0.3) is 0 Å². The summed E-state index contributed by atoms with van der Waals surface area (Å²) in [5.41, 5.74) is 1.04. The maximum Gasteiger partial charge on any atom is 0.137 e. The molecule has 14 heavy (non-hydrogen) atoms. The van der Waals surface area contributed by atoms with Gasteiger partial charge in [0.1, 0.15) is 11.6 Å². The van der Waals surface area contributed by atoms with Crippen LogP contribution in [0.1, 0.15) is 18.4 Å². The molecule has 0 bridgehead atoms. The van der Waals surface area contributed by atoms with E-state index >= 15 is 0 Å². The zero-order valence-electron chi connectivity index (χ0n) is 7.76. The molecule has 74 valence electrons. The third kappa shape index (κ3) is 1.05. The number of hydrogen-bond donors (Lipinski definition) is 0. The van der Waals surface area contributed by atoms with Crippen LogP contribution in [-0.4, -0.2) is 6.61 Å². The minimum atomic E-state index is -0.182. The van der Waals surface area contributed by atoms with E-state index in [1.54, 1.807) is 6.07 Å². The fourth-order valence-electron chi connectivity index (χ4n) is 2.47. The van der Waals surface area contributed by atoms with Crippen molar-refractivity contribution in [2.45, 2.75) is 12.8 Å². The summed E-state index contributed by atoms with van der Waals surface area (Å²) in [6.45, 7) is 2.98. The fourth-order valence-corrected chi connectivity index (χ4v) is 3.04. The van der Waals surface area contributed by atoms with E-state index in [-0.39, 0.29) is 5.82 Å². The number of rotatable bonds is 0. The molecule has 0 saturated heterocycles. The van der Waals surface area contributed by atoms with E-state index in [0.717, 1.165) is 22.4 Å². The molecule has 1 nitrogen and oxygen atoms in total. The molecule has 1 aliphatic carbocycles. The van der Waals surface area contributed by atoms with E-state index in [0.29, 0.717) is 17.8 Å². The largest absolute Gasteiger partial charge is 0.492 e. The van der Waals surface area contributed by atoms with Crippen LogP contribution in [0.3, 0.4) is 0 Å². The lowest BCUT2D eigenvalue weighted by Gasteiger charge is -2.17. The van der Waals surface area contributed by atoms with E-state index in [1.165, 1.54) is 6.07 Å². The Morgan fingerprint density at radius 3 is 3.07 bits per heavy atom. The Morgan fingerprint density at radius 1 is 1.50 bits per heavy atom. The molecule has 1 aliphatic heterocycles. The molecule has 1 aromatic rings. The second-order valence-electron chi connectivity index (χ2n) is 4.17. The molecule has 2 aliphatic rings. The van der Waals surface area contributed by atoms with Gasteiger partial charge >= 0.3 is 0 Å². The van der Waals surface area contributed by atoms with Crippen LogP contribution < -0.4 is 4.74 Å². The fraction of sp³-hybridized carbons (Fsp3) is 0.455. The molecular weight excluding hydrogens is 247 g/mol. The van der Waals surface area contributed by atoms with Gasteiger partial charge in [-0.25, -0.2) is 4.39 Å². The highest BCUT2D eigenvalue weighted by atomic mass is 79.9. The van der Waals surface area contributed by atoms with E-state index in [4.69, 9.17) is 4.74 Å². The first-order chi connectivity index (χ1) is 6.68. The minimum Gasteiger partial charge on any atom is -0.492 e. The molecule has 0 radical (unpaired) electrons. The summed E-state index contributed by atoms with van der Waals surface area (Å²) in [6.07, 6.45) is 0. The van der Waals surface area contributed by atoms with Crippen molar-refractivity contribution in [2.75, 3.05) is 6.61 Å². The van der Waals surface area contributed by atoms with Gasteiger partial charge in [-0.3, -0.25) is 0 Å². The SMILES string of the molecule is C[C@@H]1[C@@H]2COc3c(Br)cc(F)cc3[C@H]12. The zero-order valence-corrected chi connectivity index (χ0v) is 9.34. The third-order valence-electron chi connectivity index (χ3n) is 3.38. The summed E-state index contributed by atoms with van der Waals surface area (Å²) in [4.78, 5) is 0. The monoisotopic (exact) mass is 256 g/mol. The summed E-state index contributed by atoms with van der Waals surface area (Å²) >= 11 is 3.33. The standard InChI is InChI=1S/C11H10BrFO/c1-5-8-4-14-11-7(10(5)8)2-6(13)3-9(11)12/h2-3,5,8,10H,4H2,1H3/t5-,8+,10+/m1/s1. The smallest absolute Gasteiger partial charge is 0.137 e. The summed E-state index contributed by atoms with van der Waals surface area (Å²) in [5.74, 6) is 2.43. The van der Waals surface area contributed by atoms with E-state index < -0.39 is 0 Å². The van der Waals surface area contributed by atoms with Crippen LogP contribution in [0.2, 0.25) is 0 Å². The quantitative estimate of drug-likeness (QED) is 0.692. The van der Waals surface area contributed by atoms with Crippen molar-refractivity contribution in [3.63, 3.8) is 0 Å². The first-order valence-electron chi connectivity index (χ1n) is 4.80. The summed E-state index contributed by atoms with van der Waals surface area (Å²) in [7, 11) is 0. The maximum absolute atomic E-state index is 13.2. The molecule has 1 heterocycles. The third-order valence-corrected chi connectivity index (χ3v) is 3.97. The predicted octanol–water partition coefficient (Wildman–Crippen LogP) is 3.33. The highest BCUT2D eigenvalue weighted by molar-refractivity contribution is 9.10. The molecule has 1 saturated carbocycles. The average molecular weight is 257 g/mol. The highest BCUT2D eigenvalue weighted by Gasteiger charge is 2.52. The Morgan fingerprint density at radius 2 is 2.29 bits per heavy atom. The van der Waals surface area contributed by atoms with Crippen LogP contribution in [0.15, 0.2) is 16.6 Å². The Balaban J connectivity index is 2.15. The lowest BCUT2D eigenvalue weighted by molar-refractivity contribution is 0.273. The van der Waals surface area contributed by atoms with E-state index in [9.17, 15) is 4.39 Å². The molecule has 3 atom stereocenters. The van der Waals surface area contributed by atoms with Gasteiger partial charge in [0, 0.05) is 11.5 Å². The van der Waals surface area contributed by atoms with Gasteiger partial charge in [0.15, 0.2) is 0 Å². The summed E-state index contributed by atoms with van der Waals surface area (Å²) in [5, 5.41) is 0. The topological polar surface area (TPSA) is 9.23 Å². The number of hydrogen-bond acceptors (Lipinski definition) is 1. The van der Waals surface area contributed by atoms with Crippen molar-refractivity contribution in [2.24, 2.45) is 11.8 Å². The van der Waals surface area contributed by atoms with Crippen LogP contribution in [-0.2, 0) is 0 Å². The van der Waals surface area contributed by atoms with Crippen molar-refractivity contribution in [1.29, 1.82) is 0 Å². The molecule has 3 heteroatoms. The lowest BCUT2D eigenvalue weighted by atomic mass is 10.1. The number of halogens is 2. The second-order valence-corrected chi connectivity index (χ2v) is 5.02. The van der Waals surface area contributed by atoms with Crippen molar-refractivity contribution in [3.8, 4) is 5.75 Å². The van der Waals surface area contributed by atoms with Gasteiger partial charge in [0.2, 0.25) is 0 Å². The second kappa shape index (κ2) is 2.72. The summed E-state index contributed by atoms with van der Waals surface area (Å²) in [6, 6.07) is 3.08. The van der Waals surface area contributed by atoms with Gasteiger partial charge in [-0.05, 0) is 39.9 Å². The van der Waals surface area contributed by atoms with Crippen LogP contribution in [0.5, 0.6) is 5.75 Å². The Bertz CT molecular complexity index is 405. The van der Waals surface area contributed by atoms with Crippen molar-refractivity contribution >= 4 is 15.9 Å². The molecule has 0 unspecified atom stereocenters. The van der Waals surface area contributed by atoms with E-state index in [1.807, 2.05) is 0 Å². The molecule has 0 spiro atoms. The molecule has 1 aromatic carbocycles. The molecular formula is C11H10BrFO.